The molecule has 76 valence electrons. The first-order valence-corrected chi connectivity index (χ1v) is 4.19. The molecule has 0 aromatic rings. The van der Waals surface area contributed by atoms with Gasteiger partial charge in [0.1, 0.15) is 6.42 Å². The van der Waals surface area contributed by atoms with Gasteiger partial charge in [0.05, 0.1) is 6.07 Å². The Balaban J connectivity index is 4.61. The summed E-state index contributed by atoms with van der Waals surface area (Å²) >= 11 is 0. The molecule has 0 atom stereocenters. The number of hydrogen-bond acceptors (Lipinski definition) is 3. The van der Waals surface area contributed by atoms with Gasteiger partial charge < -0.3 is 11.1 Å². The summed E-state index contributed by atoms with van der Waals surface area (Å²) in [5.74, 6) is -0.996. The fourth-order valence-corrected chi connectivity index (χ4v) is 0.880. The van der Waals surface area contributed by atoms with E-state index in [0.717, 1.165) is 0 Å². The molecular formula is C9H13N3O2. The molecule has 5 heteroatoms. The molecule has 2 amide bonds. The maximum Gasteiger partial charge on any atom is 0.246 e. The highest BCUT2D eigenvalue weighted by atomic mass is 16.2. The van der Waals surface area contributed by atoms with Gasteiger partial charge in [-0.25, -0.2) is 0 Å². The summed E-state index contributed by atoms with van der Waals surface area (Å²) in [4.78, 5) is 21.8. The third-order valence-corrected chi connectivity index (χ3v) is 1.71. The molecule has 5 nitrogen and oxygen atoms in total. The van der Waals surface area contributed by atoms with Crippen LogP contribution in [0.5, 0.6) is 0 Å². The minimum atomic E-state index is -0.570. The number of primary amides is 1. The van der Waals surface area contributed by atoms with Crippen molar-refractivity contribution in [3.8, 4) is 6.07 Å². The van der Waals surface area contributed by atoms with E-state index in [0.29, 0.717) is 17.7 Å². The number of carbonyl (C=O) groups is 2. The molecule has 0 aromatic carbocycles. The van der Waals surface area contributed by atoms with Crippen molar-refractivity contribution in [2.24, 2.45) is 5.73 Å². The molecule has 3 N–H and O–H groups in total. The summed E-state index contributed by atoms with van der Waals surface area (Å²) in [5, 5.41) is 10.7. The molecule has 0 aliphatic heterocycles. The number of nitriles is 1. The lowest BCUT2D eigenvalue weighted by Gasteiger charge is -2.08. The van der Waals surface area contributed by atoms with Gasteiger partial charge in [0.2, 0.25) is 11.8 Å². The predicted octanol–water partition coefficient (Wildman–Crippen LogP) is 0.186. The van der Waals surface area contributed by atoms with E-state index in [1.165, 1.54) is 6.92 Å². The average Bonchev–Trinajstić information content (AvgIpc) is 2.13. The van der Waals surface area contributed by atoms with Gasteiger partial charge in [-0.1, -0.05) is 6.92 Å². The zero-order valence-electron chi connectivity index (χ0n) is 8.26. The number of nitrogens with zero attached hydrogens (tertiary/aromatic N) is 1. The van der Waals surface area contributed by atoms with Crippen LogP contribution in [-0.2, 0) is 9.59 Å². The van der Waals surface area contributed by atoms with Crippen molar-refractivity contribution >= 4 is 11.8 Å². The Morgan fingerprint density at radius 1 is 1.50 bits per heavy atom. The minimum absolute atomic E-state index is 0.227. The summed E-state index contributed by atoms with van der Waals surface area (Å²) in [6.07, 6.45) is 0.265. The van der Waals surface area contributed by atoms with Gasteiger partial charge in [-0.05, 0) is 13.3 Å². The van der Waals surface area contributed by atoms with Crippen molar-refractivity contribution in [1.82, 2.24) is 5.32 Å². The maximum atomic E-state index is 11.0. The van der Waals surface area contributed by atoms with Crippen LogP contribution in [0.2, 0.25) is 0 Å². The Bertz CT molecular complexity index is 313. The molecule has 0 rings (SSSR count). The number of amides is 2. The van der Waals surface area contributed by atoms with Crippen molar-refractivity contribution in [2.45, 2.75) is 26.7 Å². The molecule has 0 bridgehead atoms. The number of hydrogen-bond donors (Lipinski definition) is 2. The standard InChI is InChI=1S/C9H13N3O2/c1-3-7(6(2)9(11)14)12-8(13)4-5-10/h3-4H2,1-2H3,(H2,11,14)(H,12,13). The first kappa shape index (κ1) is 12.2. The van der Waals surface area contributed by atoms with E-state index < -0.39 is 11.8 Å². The molecule has 0 heterocycles. The molecule has 0 unspecified atom stereocenters. The van der Waals surface area contributed by atoms with Crippen LogP contribution >= 0.6 is 0 Å². The molecular weight excluding hydrogens is 182 g/mol. The van der Waals surface area contributed by atoms with Crippen LogP contribution in [0.4, 0.5) is 0 Å². The fourth-order valence-electron chi connectivity index (χ4n) is 0.880. The molecule has 0 aliphatic rings. The van der Waals surface area contributed by atoms with E-state index in [2.05, 4.69) is 5.32 Å². The van der Waals surface area contributed by atoms with Crippen molar-refractivity contribution < 1.29 is 9.59 Å². The Hall–Kier alpha value is -1.83. The third kappa shape index (κ3) is 3.72. The van der Waals surface area contributed by atoms with Crippen molar-refractivity contribution in [3.63, 3.8) is 0 Å². The average molecular weight is 195 g/mol. The van der Waals surface area contributed by atoms with Crippen LogP contribution < -0.4 is 11.1 Å². The van der Waals surface area contributed by atoms with Crippen LogP contribution in [0.25, 0.3) is 0 Å². The van der Waals surface area contributed by atoms with Crippen LogP contribution in [0.1, 0.15) is 26.7 Å². The zero-order valence-corrected chi connectivity index (χ0v) is 8.26. The SMILES string of the molecule is CCC(NC(=O)CC#N)=C(C)C(N)=O. The molecule has 0 saturated carbocycles. The summed E-state index contributed by atoms with van der Waals surface area (Å²) in [7, 11) is 0. The monoisotopic (exact) mass is 195 g/mol. The molecule has 0 aromatic heterocycles. The first-order valence-electron chi connectivity index (χ1n) is 4.19. The summed E-state index contributed by atoms with van der Waals surface area (Å²) < 4.78 is 0. The highest BCUT2D eigenvalue weighted by Gasteiger charge is 2.08. The Morgan fingerprint density at radius 3 is 2.43 bits per heavy atom. The lowest BCUT2D eigenvalue weighted by atomic mass is 10.2. The van der Waals surface area contributed by atoms with E-state index in [4.69, 9.17) is 11.0 Å². The Kier molecular flexibility index (Phi) is 5.00. The van der Waals surface area contributed by atoms with Gasteiger partial charge >= 0.3 is 0 Å². The number of nitrogens with two attached hydrogens (primary N) is 1. The number of carbonyl (C=O) groups excluding carboxylic acids is 2. The second-order valence-electron chi connectivity index (χ2n) is 2.70. The highest BCUT2D eigenvalue weighted by molar-refractivity contribution is 5.93. The maximum absolute atomic E-state index is 11.0. The Morgan fingerprint density at radius 2 is 2.07 bits per heavy atom. The lowest BCUT2D eigenvalue weighted by Crippen LogP contribution is -2.26. The second kappa shape index (κ2) is 5.75. The summed E-state index contributed by atoms with van der Waals surface area (Å²) in [6.45, 7) is 3.32. The molecule has 0 aliphatic carbocycles. The highest BCUT2D eigenvalue weighted by Crippen LogP contribution is 2.04. The number of nitrogens with one attached hydrogen (secondary N) is 1. The Labute approximate surface area is 82.6 Å². The van der Waals surface area contributed by atoms with Crippen LogP contribution in [0, 0.1) is 11.3 Å². The van der Waals surface area contributed by atoms with E-state index in [1.54, 1.807) is 13.0 Å². The molecule has 0 spiro atoms. The smallest absolute Gasteiger partial charge is 0.246 e. The fraction of sp³-hybridized carbons (Fsp3) is 0.444. The van der Waals surface area contributed by atoms with E-state index in [-0.39, 0.29) is 6.42 Å². The molecule has 14 heavy (non-hydrogen) atoms. The van der Waals surface area contributed by atoms with Gasteiger partial charge in [0.25, 0.3) is 0 Å². The second-order valence-corrected chi connectivity index (χ2v) is 2.70. The minimum Gasteiger partial charge on any atom is -0.366 e. The van der Waals surface area contributed by atoms with Crippen LogP contribution in [0.15, 0.2) is 11.3 Å². The first-order chi connectivity index (χ1) is 6.52. The van der Waals surface area contributed by atoms with Crippen molar-refractivity contribution in [3.05, 3.63) is 11.3 Å². The quantitative estimate of drug-likeness (QED) is 0.626. The topological polar surface area (TPSA) is 96.0 Å². The van der Waals surface area contributed by atoms with E-state index in [9.17, 15) is 9.59 Å². The van der Waals surface area contributed by atoms with Gasteiger partial charge in [-0.15, -0.1) is 0 Å². The zero-order chi connectivity index (χ0) is 11.1. The van der Waals surface area contributed by atoms with Gasteiger partial charge in [0, 0.05) is 11.3 Å². The van der Waals surface area contributed by atoms with Crippen molar-refractivity contribution in [1.29, 1.82) is 5.26 Å². The predicted molar refractivity (Wildman–Crippen MR) is 50.6 cm³/mol. The van der Waals surface area contributed by atoms with Crippen molar-refractivity contribution in [2.75, 3.05) is 0 Å². The van der Waals surface area contributed by atoms with E-state index in [1.807, 2.05) is 0 Å². The van der Waals surface area contributed by atoms with Gasteiger partial charge in [-0.3, -0.25) is 9.59 Å². The summed E-state index contributed by atoms with van der Waals surface area (Å²) in [5.41, 5.74) is 5.84. The van der Waals surface area contributed by atoms with Gasteiger partial charge in [0.15, 0.2) is 0 Å². The van der Waals surface area contributed by atoms with Crippen LogP contribution in [-0.4, -0.2) is 11.8 Å². The lowest BCUT2D eigenvalue weighted by molar-refractivity contribution is -0.119. The molecule has 0 radical (unpaired) electrons. The molecule has 0 saturated heterocycles. The van der Waals surface area contributed by atoms with E-state index >= 15 is 0 Å². The normalized spacial score (nSPS) is 11.2. The number of rotatable bonds is 4. The third-order valence-electron chi connectivity index (χ3n) is 1.71. The van der Waals surface area contributed by atoms with Gasteiger partial charge in [-0.2, -0.15) is 5.26 Å². The molecule has 0 fully saturated rings. The number of allylic oxidation sites excluding steroid dienone is 1. The van der Waals surface area contributed by atoms with Crippen LogP contribution in [0.3, 0.4) is 0 Å². The summed E-state index contributed by atoms with van der Waals surface area (Å²) in [6, 6.07) is 1.71. The largest absolute Gasteiger partial charge is 0.366 e.